The van der Waals surface area contributed by atoms with Crippen LogP contribution in [0.3, 0.4) is 0 Å². The number of hydrogen-bond acceptors (Lipinski definition) is 4. The number of rotatable bonds is 4. The molecule has 1 aliphatic heterocycles. The Morgan fingerprint density at radius 1 is 1.17 bits per heavy atom. The van der Waals surface area contributed by atoms with Crippen molar-refractivity contribution >= 4 is 0 Å². The summed E-state index contributed by atoms with van der Waals surface area (Å²) in [6.07, 6.45) is 9.87. The SMILES string of the molecule is COC1(C(NN)C2CCCCCC2)CCOCC1. The number of nitrogens with two attached hydrogens (primary N) is 1. The fourth-order valence-electron chi connectivity index (χ4n) is 3.72. The van der Waals surface area contributed by atoms with Crippen molar-refractivity contribution < 1.29 is 9.47 Å². The second-order valence-electron chi connectivity index (χ2n) is 5.78. The monoisotopic (exact) mass is 256 g/mol. The zero-order valence-electron chi connectivity index (χ0n) is 11.6. The van der Waals surface area contributed by atoms with Crippen molar-refractivity contribution in [2.24, 2.45) is 11.8 Å². The minimum atomic E-state index is -0.123. The maximum atomic E-state index is 5.90. The zero-order chi connectivity index (χ0) is 12.8. The van der Waals surface area contributed by atoms with Crippen LogP contribution in [0, 0.1) is 5.92 Å². The smallest absolute Gasteiger partial charge is 0.0890 e. The van der Waals surface area contributed by atoms with Gasteiger partial charge in [-0.3, -0.25) is 11.3 Å². The third-order valence-electron chi connectivity index (χ3n) is 4.86. The van der Waals surface area contributed by atoms with Crippen molar-refractivity contribution in [2.45, 2.75) is 63.0 Å². The van der Waals surface area contributed by atoms with Gasteiger partial charge in [-0.05, 0) is 18.8 Å². The molecule has 0 amide bonds. The van der Waals surface area contributed by atoms with Gasteiger partial charge in [0.2, 0.25) is 0 Å². The molecule has 1 atom stereocenters. The zero-order valence-corrected chi connectivity index (χ0v) is 11.6. The van der Waals surface area contributed by atoms with Crippen LogP contribution < -0.4 is 11.3 Å². The summed E-state index contributed by atoms with van der Waals surface area (Å²) in [6, 6.07) is 0.268. The molecule has 0 spiro atoms. The summed E-state index contributed by atoms with van der Waals surface area (Å²) in [4.78, 5) is 0. The minimum absolute atomic E-state index is 0.123. The van der Waals surface area contributed by atoms with E-state index in [1.807, 2.05) is 7.11 Å². The van der Waals surface area contributed by atoms with E-state index in [2.05, 4.69) is 5.43 Å². The molecule has 0 radical (unpaired) electrons. The molecule has 0 bridgehead atoms. The molecular weight excluding hydrogens is 228 g/mol. The lowest BCUT2D eigenvalue weighted by Gasteiger charge is -2.45. The molecule has 4 heteroatoms. The van der Waals surface area contributed by atoms with Gasteiger partial charge in [-0.15, -0.1) is 0 Å². The van der Waals surface area contributed by atoms with Crippen LogP contribution in [0.1, 0.15) is 51.4 Å². The van der Waals surface area contributed by atoms with Crippen LogP contribution >= 0.6 is 0 Å². The van der Waals surface area contributed by atoms with Gasteiger partial charge in [-0.1, -0.05) is 25.7 Å². The van der Waals surface area contributed by atoms with Crippen LogP contribution in [-0.2, 0) is 9.47 Å². The molecule has 0 aromatic rings. The van der Waals surface area contributed by atoms with Gasteiger partial charge < -0.3 is 9.47 Å². The lowest BCUT2D eigenvalue weighted by atomic mass is 9.76. The molecule has 1 unspecified atom stereocenters. The molecule has 3 N–H and O–H groups in total. The molecule has 0 aromatic heterocycles. The molecule has 18 heavy (non-hydrogen) atoms. The van der Waals surface area contributed by atoms with E-state index in [0.717, 1.165) is 26.1 Å². The Bertz CT molecular complexity index is 234. The lowest BCUT2D eigenvalue weighted by molar-refractivity contribution is -0.121. The molecule has 4 nitrogen and oxygen atoms in total. The number of hydrogen-bond donors (Lipinski definition) is 2. The summed E-state index contributed by atoms with van der Waals surface area (Å²) >= 11 is 0. The van der Waals surface area contributed by atoms with Gasteiger partial charge in [-0.2, -0.15) is 0 Å². The van der Waals surface area contributed by atoms with Crippen molar-refractivity contribution in [3.05, 3.63) is 0 Å². The molecular formula is C14H28N2O2. The molecule has 2 rings (SSSR count). The Labute approximate surface area is 111 Å². The quantitative estimate of drug-likeness (QED) is 0.459. The first-order valence-corrected chi connectivity index (χ1v) is 7.41. The van der Waals surface area contributed by atoms with Gasteiger partial charge in [0.1, 0.15) is 0 Å². The predicted octanol–water partition coefficient (Wildman–Crippen LogP) is 1.98. The van der Waals surface area contributed by atoms with E-state index in [9.17, 15) is 0 Å². The average molecular weight is 256 g/mol. The van der Waals surface area contributed by atoms with E-state index < -0.39 is 0 Å². The predicted molar refractivity (Wildman–Crippen MR) is 72.1 cm³/mol. The van der Waals surface area contributed by atoms with Crippen LogP contribution in [0.4, 0.5) is 0 Å². The highest BCUT2D eigenvalue weighted by molar-refractivity contribution is 4.97. The fourth-order valence-corrected chi connectivity index (χ4v) is 3.72. The van der Waals surface area contributed by atoms with Gasteiger partial charge in [0.25, 0.3) is 0 Å². The van der Waals surface area contributed by atoms with Crippen molar-refractivity contribution in [1.82, 2.24) is 5.43 Å². The van der Waals surface area contributed by atoms with E-state index in [4.69, 9.17) is 15.3 Å². The van der Waals surface area contributed by atoms with Crippen LogP contribution in [0.25, 0.3) is 0 Å². The number of nitrogens with one attached hydrogen (secondary N) is 1. The summed E-state index contributed by atoms with van der Waals surface area (Å²) in [5, 5.41) is 0. The summed E-state index contributed by atoms with van der Waals surface area (Å²) in [6.45, 7) is 1.58. The van der Waals surface area contributed by atoms with Gasteiger partial charge in [0, 0.05) is 33.2 Å². The second kappa shape index (κ2) is 6.85. The third kappa shape index (κ3) is 3.05. The van der Waals surface area contributed by atoms with E-state index in [-0.39, 0.29) is 11.6 Å². The number of hydrazine groups is 1. The summed E-state index contributed by atoms with van der Waals surface area (Å²) in [5.41, 5.74) is 2.96. The van der Waals surface area contributed by atoms with E-state index >= 15 is 0 Å². The highest BCUT2D eigenvalue weighted by Gasteiger charge is 2.43. The summed E-state index contributed by atoms with van der Waals surface area (Å²) < 4.78 is 11.4. The van der Waals surface area contributed by atoms with E-state index in [0.29, 0.717) is 5.92 Å². The van der Waals surface area contributed by atoms with Gasteiger partial charge in [-0.25, -0.2) is 0 Å². The Kier molecular flexibility index (Phi) is 5.42. The van der Waals surface area contributed by atoms with E-state index in [1.54, 1.807) is 0 Å². The summed E-state index contributed by atoms with van der Waals surface area (Å²) in [5.74, 6) is 6.52. The van der Waals surface area contributed by atoms with Crippen molar-refractivity contribution in [3.63, 3.8) is 0 Å². The highest BCUT2D eigenvalue weighted by atomic mass is 16.5. The van der Waals surface area contributed by atoms with Crippen LogP contribution in [0.2, 0.25) is 0 Å². The fraction of sp³-hybridized carbons (Fsp3) is 1.00. The molecule has 1 heterocycles. The lowest BCUT2D eigenvalue weighted by Crippen LogP contribution is -2.60. The van der Waals surface area contributed by atoms with Crippen molar-refractivity contribution in [1.29, 1.82) is 0 Å². The molecule has 1 aliphatic carbocycles. The van der Waals surface area contributed by atoms with Crippen LogP contribution in [0.5, 0.6) is 0 Å². The molecule has 2 fully saturated rings. The maximum Gasteiger partial charge on any atom is 0.0890 e. The van der Waals surface area contributed by atoms with Crippen LogP contribution in [-0.4, -0.2) is 32.0 Å². The third-order valence-corrected chi connectivity index (χ3v) is 4.86. The minimum Gasteiger partial charge on any atom is -0.381 e. The Hall–Kier alpha value is -0.160. The first-order valence-electron chi connectivity index (χ1n) is 7.41. The Balaban J connectivity index is 2.08. The molecule has 2 aliphatic rings. The second-order valence-corrected chi connectivity index (χ2v) is 5.78. The first kappa shape index (κ1) is 14.3. The standard InChI is InChI=1S/C14H28N2O2/c1-17-14(8-10-18-11-9-14)13(16-15)12-6-4-2-3-5-7-12/h12-13,16H,2-11,15H2,1H3. The number of ether oxygens (including phenoxy) is 2. The molecule has 1 saturated heterocycles. The molecule has 0 aromatic carbocycles. The van der Waals surface area contributed by atoms with Gasteiger partial charge >= 0.3 is 0 Å². The van der Waals surface area contributed by atoms with Crippen molar-refractivity contribution in [2.75, 3.05) is 20.3 Å². The van der Waals surface area contributed by atoms with Gasteiger partial charge in [0.05, 0.1) is 11.6 Å². The van der Waals surface area contributed by atoms with Gasteiger partial charge in [0.15, 0.2) is 0 Å². The highest BCUT2D eigenvalue weighted by Crippen LogP contribution is 2.36. The topological polar surface area (TPSA) is 56.5 Å². The summed E-state index contributed by atoms with van der Waals surface area (Å²) in [7, 11) is 1.83. The van der Waals surface area contributed by atoms with Crippen LogP contribution in [0.15, 0.2) is 0 Å². The molecule has 106 valence electrons. The van der Waals surface area contributed by atoms with Crippen molar-refractivity contribution in [3.8, 4) is 0 Å². The Morgan fingerprint density at radius 2 is 1.78 bits per heavy atom. The maximum absolute atomic E-state index is 5.90. The largest absolute Gasteiger partial charge is 0.381 e. The Morgan fingerprint density at radius 3 is 2.28 bits per heavy atom. The average Bonchev–Trinajstić information content (AvgIpc) is 2.70. The number of methoxy groups -OCH3 is 1. The molecule has 1 saturated carbocycles. The normalized spacial score (nSPS) is 27.7. The first-order chi connectivity index (χ1) is 8.82. The van der Waals surface area contributed by atoms with E-state index in [1.165, 1.54) is 38.5 Å².